The molecule has 1 aliphatic carbocycles. The fourth-order valence-corrected chi connectivity index (χ4v) is 2.48. The van der Waals surface area contributed by atoms with E-state index in [-0.39, 0.29) is 0 Å². The highest BCUT2D eigenvalue weighted by molar-refractivity contribution is 5.27. The van der Waals surface area contributed by atoms with E-state index in [0.29, 0.717) is 13.2 Å². The van der Waals surface area contributed by atoms with E-state index in [2.05, 4.69) is 11.2 Å². The van der Waals surface area contributed by atoms with Gasteiger partial charge in [0.05, 0.1) is 5.60 Å². The Balaban J connectivity index is 1.75. The Morgan fingerprint density at radius 1 is 1.26 bits per heavy atom. The van der Waals surface area contributed by atoms with Crippen molar-refractivity contribution in [1.29, 1.82) is 0 Å². The number of nitrogens with one attached hydrogen (secondary N) is 1. The van der Waals surface area contributed by atoms with Crippen LogP contribution in [0.25, 0.3) is 0 Å². The van der Waals surface area contributed by atoms with Crippen molar-refractivity contribution in [2.24, 2.45) is 0 Å². The van der Waals surface area contributed by atoms with E-state index >= 15 is 0 Å². The molecule has 0 aliphatic heterocycles. The normalized spacial score (nSPS) is 17.1. The van der Waals surface area contributed by atoms with Crippen molar-refractivity contribution < 1.29 is 9.84 Å². The molecule has 2 rings (SSSR count). The Hall–Kier alpha value is -1.50. The Morgan fingerprint density at radius 2 is 1.95 bits per heavy atom. The fraction of sp³-hybridized carbons (Fsp3) is 0.500. The summed E-state index contributed by atoms with van der Waals surface area (Å²) in [7, 11) is 0. The molecule has 102 valence electrons. The summed E-state index contributed by atoms with van der Waals surface area (Å²) in [5.74, 6) is 3.23. The first kappa shape index (κ1) is 13.9. The number of hydrogen-bond acceptors (Lipinski definition) is 3. The van der Waals surface area contributed by atoms with E-state index < -0.39 is 5.60 Å². The SMILES string of the molecule is C#CCOc1ccc(CNCC2(O)CCCC2)cc1. The molecule has 19 heavy (non-hydrogen) atoms. The maximum atomic E-state index is 10.2. The van der Waals surface area contributed by atoms with Gasteiger partial charge in [0.1, 0.15) is 12.4 Å². The van der Waals surface area contributed by atoms with Gasteiger partial charge in [0, 0.05) is 13.1 Å². The van der Waals surface area contributed by atoms with Crippen molar-refractivity contribution in [2.75, 3.05) is 13.2 Å². The average Bonchev–Trinajstić information content (AvgIpc) is 2.85. The van der Waals surface area contributed by atoms with Gasteiger partial charge in [-0.3, -0.25) is 0 Å². The highest BCUT2D eigenvalue weighted by atomic mass is 16.5. The number of aliphatic hydroxyl groups is 1. The molecule has 3 heteroatoms. The zero-order valence-corrected chi connectivity index (χ0v) is 11.2. The molecular formula is C16H21NO2. The number of rotatable bonds is 6. The monoisotopic (exact) mass is 259 g/mol. The minimum absolute atomic E-state index is 0.296. The molecule has 0 aromatic heterocycles. The lowest BCUT2D eigenvalue weighted by Gasteiger charge is -2.22. The van der Waals surface area contributed by atoms with Crippen LogP contribution in [-0.2, 0) is 6.54 Å². The van der Waals surface area contributed by atoms with Gasteiger partial charge < -0.3 is 15.2 Å². The Bertz CT molecular complexity index is 427. The second kappa shape index (κ2) is 6.60. The number of terminal acetylenes is 1. The van der Waals surface area contributed by atoms with E-state index in [4.69, 9.17) is 11.2 Å². The van der Waals surface area contributed by atoms with E-state index in [1.807, 2.05) is 24.3 Å². The van der Waals surface area contributed by atoms with Crippen LogP contribution in [0.4, 0.5) is 0 Å². The van der Waals surface area contributed by atoms with Gasteiger partial charge in [0.2, 0.25) is 0 Å². The molecular weight excluding hydrogens is 238 g/mol. The summed E-state index contributed by atoms with van der Waals surface area (Å²) in [5, 5.41) is 13.5. The van der Waals surface area contributed by atoms with E-state index in [9.17, 15) is 5.11 Å². The van der Waals surface area contributed by atoms with Crippen LogP contribution in [0, 0.1) is 12.3 Å². The maximum absolute atomic E-state index is 10.2. The molecule has 1 aromatic carbocycles. The predicted octanol–water partition coefficient (Wildman–Crippen LogP) is 2.09. The van der Waals surface area contributed by atoms with Crippen LogP contribution >= 0.6 is 0 Å². The summed E-state index contributed by atoms with van der Waals surface area (Å²) in [4.78, 5) is 0. The lowest BCUT2D eigenvalue weighted by molar-refractivity contribution is 0.0475. The summed E-state index contributed by atoms with van der Waals surface area (Å²) in [6.45, 7) is 1.73. The van der Waals surface area contributed by atoms with Gasteiger partial charge in [-0.1, -0.05) is 30.9 Å². The van der Waals surface area contributed by atoms with Gasteiger partial charge in [-0.05, 0) is 30.5 Å². The van der Waals surface area contributed by atoms with E-state index in [1.54, 1.807) is 0 Å². The van der Waals surface area contributed by atoms with E-state index in [0.717, 1.165) is 38.0 Å². The molecule has 0 radical (unpaired) electrons. The van der Waals surface area contributed by atoms with Crippen LogP contribution in [0.2, 0.25) is 0 Å². The smallest absolute Gasteiger partial charge is 0.148 e. The second-order valence-electron chi connectivity index (χ2n) is 5.17. The quantitative estimate of drug-likeness (QED) is 0.769. The van der Waals surface area contributed by atoms with Crippen molar-refractivity contribution in [3.63, 3.8) is 0 Å². The summed E-state index contributed by atoms with van der Waals surface area (Å²) < 4.78 is 5.32. The largest absolute Gasteiger partial charge is 0.481 e. The Kier molecular flexibility index (Phi) is 4.84. The molecule has 1 fully saturated rings. The van der Waals surface area contributed by atoms with Crippen molar-refractivity contribution in [3.8, 4) is 18.1 Å². The average molecular weight is 259 g/mol. The maximum Gasteiger partial charge on any atom is 0.148 e. The minimum atomic E-state index is -0.490. The molecule has 1 aromatic rings. The van der Waals surface area contributed by atoms with Crippen LogP contribution < -0.4 is 10.1 Å². The highest BCUT2D eigenvalue weighted by Gasteiger charge is 2.30. The first-order chi connectivity index (χ1) is 9.22. The van der Waals surface area contributed by atoms with Crippen molar-refractivity contribution in [1.82, 2.24) is 5.32 Å². The molecule has 3 nitrogen and oxygen atoms in total. The van der Waals surface area contributed by atoms with Gasteiger partial charge in [-0.25, -0.2) is 0 Å². The lowest BCUT2D eigenvalue weighted by Crippen LogP contribution is -2.37. The zero-order chi connectivity index (χ0) is 13.6. The molecule has 0 amide bonds. The van der Waals surface area contributed by atoms with E-state index in [1.165, 1.54) is 5.56 Å². The van der Waals surface area contributed by atoms with Crippen LogP contribution in [0.1, 0.15) is 31.2 Å². The van der Waals surface area contributed by atoms with Crippen LogP contribution in [-0.4, -0.2) is 23.9 Å². The van der Waals surface area contributed by atoms with Crippen molar-refractivity contribution in [2.45, 2.75) is 37.8 Å². The molecule has 0 saturated heterocycles. The molecule has 0 unspecified atom stereocenters. The first-order valence-electron chi connectivity index (χ1n) is 6.80. The third-order valence-corrected chi connectivity index (χ3v) is 3.56. The molecule has 1 saturated carbocycles. The number of hydrogen-bond donors (Lipinski definition) is 2. The molecule has 0 atom stereocenters. The topological polar surface area (TPSA) is 41.5 Å². The van der Waals surface area contributed by atoms with Crippen molar-refractivity contribution >= 4 is 0 Å². The minimum Gasteiger partial charge on any atom is -0.481 e. The standard InChI is InChI=1S/C16H21NO2/c1-2-11-19-15-7-5-14(6-8-15)12-17-13-16(18)9-3-4-10-16/h1,5-8,17-18H,3-4,9-13H2. The molecule has 0 bridgehead atoms. The summed E-state index contributed by atoms with van der Waals surface area (Å²) in [5.41, 5.74) is 0.685. The third-order valence-electron chi connectivity index (χ3n) is 3.56. The van der Waals surface area contributed by atoms with Crippen molar-refractivity contribution in [3.05, 3.63) is 29.8 Å². The summed E-state index contributed by atoms with van der Waals surface area (Å²) >= 11 is 0. The van der Waals surface area contributed by atoms with Gasteiger partial charge in [0.15, 0.2) is 0 Å². The van der Waals surface area contributed by atoms with Crippen LogP contribution in [0.3, 0.4) is 0 Å². The number of benzene rings is 1. The second-order valence-corrected chi connectivity index (χ2v) is 5.17. The molecule has 0 spiro atoms. The third kappa shape index (κ3) is 4.27. The van der Waals surface area contributed by atoms with Gasteiger partial charge >= 0.3 is 0 Å². The zero-order valence-electron chi connectivity index (χ0n) is 11.2. The molecule has 2 N–H and O–H groups in total. The lowest BCUT2D eigenvalue weighted by atomic mass is 10.0. The van der Waals surface area contributed by atoms with Gasteiger partial charge in [0.25, 0.3) is 0 Å². The predicted molar refractivity (Wildman–Crippen MR) is 75.9 cm³/mol. The summed E-state index contributed by atoms with van der Waals surface area (Å²) in [6.07, 6.45) is 9.24. The summed E-state index contributed by atoms with van der Waals surface area (Å²) in [6, 6.07) is 7.85. The van der Waals surface area contributed by atoms with Crippen LogP contribution in [0.5, 0.6) is 5.75 Å². The van der Waals surface area contributed by atoms with Crippen LogP contribution in [0.15, 0.2) is 24.3 Å². The Labute approximate surface area is 115 Å². The van der Waals surface area contributed by atoms with Gasteiger partial charge in [-0.2, -0.15) is 0 Å². The number of ether oxygens (including phenoxy) is 1. The fourth-order valence-electron chi connectivity index (χ4n) is 2.48. The first-order valence-corrected chi connectivity index (χ1v) is 6.80. The molecule has 0 heterocycles. The highest BCUT2D eigenvalue weighted by Crippen LogP contribution is 2.28. The Morgan fingerprint density at radius 3 is 2.58 bits per heavy atom. The molecule has 1 aliphatic rings. The van der Waals surface area contributed by atoms with Gasteiger partial charge in [-0.15, -0.1) is 6.42 Å².